The third-order valence-electron chi connectivity index (χ3n) is 3.37. The predicted molar refractivity (Wildman–Crippen MR) is 89.8 cm³/mol. The minimum absolute atomic E-state index is 0.191. The number of carbonyl (C=O) groups is 1. The Morgan fingerprint density at radius 2 is 1.95 bits per heavy atom. The first kappa shape index (κ1) is 20.7. The molecule has 6 nitrogen and oxygen atoms in total. The quantitative estimate of drug-likeness (QED) is 0.322. The molecule has 2 atom stereocenters. The third-order valence-corrected chi connectivity index (χ3v) is 3.37. The van der Waals surface area contributed by atoms with Crippen molar-refractivity contribution >= 4 is 11.9 Å². The molecule has 0 saturated heterocycles. The van der Waals surface area contributed by atoms with E-state index in [-0.39, 0.29) is 18.5 Å². The number of aliphatic imine (C=N–C) groups is 1. The molecule has 2 unspecified atom stereocenters. The molecule has 0 saturated carbocycles. The van der Waals surface area contributed by atoms with Crippen LogP contribution < -0.4 is 10.6 Å². The fraction of sp³-hybridized carbons (Fsp3) is 0.875. The van der Waals surface area contributed by atoms with Crippen LogP contribution in [0.25, 0.3) is 0 Å². The fourth-order valence-electron chi connectivity index (χ4n) is 2.23. The van der Waals surface area contributed by atoms with E-state index in [4.69, 9.17) is 9.84 Å². The molecule has 0 spiro atoms. The van der Waals surface area contributed by atoms with E-state index in [2.05, 4.69) is 29.5 Å². The van der Waals surface area contributed by atoms with Crippen LogP contribution >= 0.6 is 0 Å². The van der Waals surface area contributed by atoms with Gasteiger partial charge in [0.15, 0.2) is 5.96 Å². The van der Waals surface area contributed by atoms with Crippen molar-refractivity contribution in [3.63, 3.8) is 0 Å². The van der Waals surface area contributed by atoms with Crippen LogP contribution in [-0.2, 0) is 9.53 Å². The summed E-state index contributed by atoms with van der Waals surface area (Å²) >= 11 is 0. The van der Waals surface area contributed by atoms with Crippen LogP contribution in [0.2, 0.25) is 0 Å². The number of ether oxygens (including phenoxy) is 1. The topological polar surface area (TPSA) is 83.0 Å². The van der Waals surface area contributed by atoms with Gasteiger partial charge in [-0.1, -0.05) is 20.8 Å². The summed E-state index contributed by atoms with van der Waals surface area (Å²) in [6.45, 7) is 10.3. The van der Waals surface area contributed by atoms with Crippen molar-refractivity contribution in [1.82, 2.24) is 10.6 Å². The predicted octanol–water partition coefficient (Wildman–Crippen LogP) is 1.40. The van der Waals surface area contributed by atoms with Crippen LogP contribution in [0, 0.1) is 17.8 Å². The Labute approximate surface area is 134 Å². The maximum absolute atomic E-state index is 11.4. The molecule has 0 rings (SSSR count). The van der Waals surface area contributed by atoms with Crippen molar-refractivity contribution in [2.45, 2.75) is 40.5 Å². The van der Waals surface area contributed by atoms with E-state index in [9.17, 15) is 4.79 Å². The first-order valence-electron chi connectivity index (χ1n) is 8.15. The summed E-state index contributed by atoms with van der Waals surface area (Å²) in [6, 6.07) is 0. The van der Waals surface area contributed by atoms with Gasteiger partial charge in [-0.05, 0) is 31.6 Å². The van der Waals surface area contributed by atoms with Crippen molar-refractivity contribution in [3.8, 4) is 0 Å². The van der Waals surface area contributed by atoms with Crippen molar-refractivity contribution in [3.05, 3.63) is 0 Å². The summed E-state index contributed by atoms with van der Waals surface area (Å²) in [4.78, 5) is 16.0. The molecule has 0 heterocycles. The van der Waals surface area contributed by atoms with E-state index >= 15 is 0 Å². The van der Waals surface area contributed by atoms with Crippen molar-refractivity contribution in [2.24, 2.45) is 22.7 Å². The van der Waals surface area contributed by atoms with E-state index in [1.165, 1.54) is 7.11 Å². The standard InChI is InChI=1S/C16H33N3O3/c1-6-17-16(18-10-13(4)15(21)22-5)19-11-14(7-8-20)9-12(2)3/h12-14,20H,6-11H2,1-5H3,(H2,17,18,19). The van der Waals surface area contributed by atoms with Crippen LogP contribution in [0.1, 0.15) is 40.5 Å². The second-order valence-corrected chi connectivity index (χ2v) is 6.03. The maximum Gasteiger partial charge on any atom is 0.310 e. The summed E-state index contributed by atoms with van der Waals surface area (Å²) in [7, 11) is 1.39. The zero-order valence-corrected chi connectivity index (χ0v) is 14.7. The minimum Gasteiger partial charge on any atom is -0.469 e. The fourth-order valence-corrected chi connectivity index (χ4v) is 2.23. The zero-order chi connectivity index (χ0) is 17.0. The van der Waals surface area contributed by atoms with Gasteiger partial charge >= 0.3 is 5.97 Å². The molecule has 0 aromatic heterocycles. The molecule has 3 N–H and O–H groups in total. The van der Waals surface area contributed by atoms with Gasteiger partial charge in [0.2, 0.25) is 0 Å². The molecule has 0 aliphatic rings. The lowest BCUT2D eigenvalue weighted by atomic mass is 9.94. The molecule has 6 heteroatoms. The van der Waals surface area contributed by atoms with E-state index in [0.29, 0.717) is 30.9 Å². The van der Waals surface area contributed by atoms with E-state index in [0.717, 1.165) is 19.4 Å². The van der Waals surface area contributed by atoms with Gasteiger partial charge in [-0.2, -0.15) is 0 Å². The molecule has 0 aromatic rings. The first-order chi connectivity index (χ1) is 10.4. The number of aliphatic hydroxyl groups excluding tert-OH is 1. The summed E-state index contributed by atoms with van der Waals surface area (Å²) in [5.74, 6) is 1.20. The SMILES string of the molecule is CCNC(=NCC(CCO)CC(C)C)NCC(C)C(=O)OC. The molecular formula is C16H33N3O3. The molecule has 0 fully saturated rings. The van der Waals surface area contributed by atoms with Crippen molar-refractivity contribution in [2.75, 3.05) is 33.4 Å². The number of hydrogen-bond donors (Lipinski definition) is 3. The van der Waals surface area contributed by atoms with Crippen LogP contribution in [0.3, 0.4) is 0 Å². The lowest BCUT2D eigenvalue weighted by Crippen LogP contribution is -2.41. The Balaban J connectivity index is 4.52. The second kappa shape index (κ2) is 12.3. The van der Waals surface area contributed by atoms with Crippen molar-refractivity contribution in [1.29, 1.82) is 0 Å². The smallest absolute Gasteiger partial charge is 0.310 e. The van der Waals surface area contributed by atoms with Gasteiger partial charge in [0.1, 0.15) is 0 Å². The third kappa shape index (κ3) is 9.60. The largest absolute Gasteiger partial charge is 0.469 e. The lowest BCUT2D eigenvalue weighted by Gasteiger charge is -2.18. The molecule has 0 aliphatic carbocycles. The number of aliphatic hydroxyl groups is 1. The van der Waals surface area contributed by atoms with E-state index < -0.39 is 0 Å². The minimum atomic E-state index is -0.235. The Kier molecular flexibility index (Phi) is 11.5. The van der Waals surface area contributed by atoms with E-state index in [1.54, 1.807) is 0 Å². The number of nitrogens with one attached hydrogen (secondary N) is 2. The van der Waals surface area contributed by atoms with Gasteiger partial charge in [-0.15, -0.1) is 0 Å². The highest BCUT2D eigenvalue weighted by Gasteiger charge is 2.14. The van der Waals surface area contributed by atoms with Crippen LogP contribution in [-0.4, -0.2) is 50.4 Å². The number of nitrogens with zero attached hydrogens (tertiary/aromatic N) is 1. The second-order valence-electron chi connectivity index (χ2n) is 6.03. The summed E-state index contributed by atoms with van der Waals surface area (Å²) in [6.07, 6.45) is 1.81. The van der Waals surface area contributed by atoms with Crippen LogP contribution in [0.4, 0.5) is 0 Å². The van der Waals surface area contributed by atoms with Gasteiger partial charge in [0.25, 0.3) is 0 Å². The van der Waals surface area contributed by atoms with Gasteiger partial charge in [-0.25, -0.2) is 0 Å². The molecule has 0 radical (unpaired) electrons. The molecular weight excluding hydrogens is 282 g/mol. The molecule has 130 valence electrons. The number of carbonyl (C=O) groups excluding carboxylic acids is 1. The first-order valence-corrected chi connectivity index (χ1v) is 8.15. The normalized spacial score (nSPS) is 14.6. The Morgan fingerprint density at radius 3 is 2.45 bits per heavy atom. The number of guanidine groups is 1. The average Bonchev–Trinajstić information content (AvgIpc) is 2.48. The van der Waals surface area contributed by atoms with Gasteiger partial charge in [-0.3, -0.25) is 9.79 Å². The van der Waals surface area contributed by atoms with Gasteiger partial charge < -0.3 is 20.5 Å². The lowest BCUT2D eigenvalue weighted by molar-refractivity contribution is -0.144. The van der Waals surface area contributed by atoms with E-state index in [1.807, 2.05) is 13.8 Å². The molecule has 22 heavy (non-hydrogen) atoms. The monoisotopic (exact) mass is 315 g/mol. The Hall–Kier alpha value is -1.30. The average molecular weight is 315 g/mol. The number of esters is 1. The number of rotatable bonds is 10. The Morgan fingerprint density at radius 1 is 1.27 bits per heavy atom. The summed E-state index contributed by atoms with van der Waals surface area (Å²) in [5.41, 5.74) is 0. The molecule has 0 bridgehead atoms. The van der Waals surface area contributed by atoms with Gasteiger partial charge in [0, 0.05) is 26.2 Å². The zero-order valence-electron chi connectivity index (χ0n) is 14.7. The highest BCUT2D eigenvalue weighted by Crippen LogP contribution is 2.15. The van der Waals surface area contributed by atoms with Gasteiger partial charge in [0.05, 0.1) is 13.0 Å². The summed E-state index contributed by atoms with van der Waals surface area (Å²) in [5, 5.41) is 15.5. The number of hydrogen-bond acceptors (Lipinski definition) is 4. The summed E-state index contributed by atoms with van der Waals surface area (Å²) < 4.78 is 4.71. The molecule has 0 aromatic carbocycles. The maximum atomic E-state index is 11.4. The highest BCUT2D eigenvalue weighted by atomic mass is 16.5. The molecule has 0 amide bonds. The van der Waals surface area contributed by atoms with Crippen molar-refractivity contribution < 1.29 is 14.6 Å². The Bertz CT molecular complexity index is 333. The van der Waals surface area contributed by atoms with Crippen LogP contribution in [0.15, 0.2) is 4.99 Å². The highest BCUT2D eigenvalue weighted by molar-refractivity contribution is 5.80. The molecule has 0 aliphatic heterocycles. The number of methoxy groups -OCH3 is 1. The van der Waals surface area contributed by atoms with Crippen LogP contribution in [0.5, 0.6) is 0 Å².